The summed E-state index contributed by atoms with van der Waals surface area (Å²) in [6.45, 7) is 2.06. The Labute approximate surface area is 382 Å². The van der Waals surface area contributed by atoms with Crippen molar-refractivity contribution in [3.05, 3.63) is 88.5 Å². The Morgan fingerprint density at radius 1 is 1.06 bits per heavy atom. The maximum atomic E-state index is 14.5. The normalized spacial score (nSPS) is 30.5. The molecule has 0 spiro atoms. The fourth-order valence-corrected chi connectivity index (χ4v) is 11.8. The number of carbonyl (C=O) groups is 6. The second kappa shape index (κ2) is 19.1. The summed E-state index contributed by atoms with van der Waals surface area (Å²) in [5.41, 5.74) is 0.0967. The average molecular weight is 987 g/mol. The summed E-state index contributed by atoms with van der Waals surface area (Å²) in [6.07, 6.45) is 3.52. The number of Topliss-reactive ketones (excluding diaryl/α,β-unsaturated/α-hetero) is 1. The van der Waals surface area contributed by atoms with Crippen molar-refractivity contribution in [2.75, 3.05) is 23.8 Å². The minimum absolute atomic E-state index is 0.0477. The van der Waals surface area contributed by atoms with Crippen LogP contribution in [0.3, 0.4) is 0 Å². The molecule has 8 N–H and O–H groups in total. The lowest BCUT2D eigenvalue weighted by atomic mass is 9.46. The van der Waals surface area contributed by atoms with Gasteiger partial charge in [-0.25, -0.2) is 4.57 Å². The number of alkyl halides is 1. The number of aliphatic hydroxyl groups excluding tert-OH is 2. The molecule has 7 rings (SSSR count). The first-order chi connectivity index (χ1) is 30.7. The number of fused-ring (bicyclic) bond motifs is 7. The van der Waals surface area contributed by atoms with Crippen molar-refractivity contribution in [2.45, 2.75) is 95.5 Å². The number of hydrogen-bond acceptors (Lipinski definition) is 12. The Morgan fingerprint density at radius 2 is 1.82 bits per heavy atom. The first kappa shape index (κ1) is 48.5. The summed E-state index contributed by atoms with van der Waals surface area (Å²) >= 11 is 2.98. The number of phosphoric ester groups is 1. The van der Waals surface area contributed by atoms with Gasteiger partial charge in [0.1, 0.15) is 12.6 Å². The molecule has 0 unspecified atom stereocenters. The fourth-order valence-electron chi connectivity index (χ4n) is 11.3. The van der Waals surface area contributed by atoms with E-state index < -0.39 is 104 Å². The number of allylic oxidation sites excluding steroid dienone is 4. The number of aliphatic hydroxyl groups is 2. The zero-order valence-electron chi connectivity index (χ0n) is 35.7. The van der Waals surface area contributed by atoms with Gasteiger partial charge in [0.25, 0.3) is 0 Å². The Bertz CT molecular complexity index is 2370. The van der Waals surface area contributed by atoms with E-state index in [1.807, 2.05) is 32.1 Å². The van der Waals surface area contributed by atoms with E-state index in [1.54, 1.807) is 36.4 Å². The number of phosphoric acid groups is 1. The topological polar surface area (TPSA) is 284 Å². The summed E-state index contributed by atoms with van der Waals surface area (Å²) in [4.78, 5) is 95.1. The van der Waals surface area contributed by atoms with Crippen molar-refractivity contribution < 1.29 is 72.4 Å². The Kier molecular flexibility index (Phi) is 14.2. The number of rotatable bonds is 17. The van der Waals surface area contributed by atoms with Crippen molar-refractivity contribution in [1.29, 1.82) is 0 Å². The number of aliphatic carboxylic acids is 1. The van der Waals surface area contributed by atoms with E-state index >= 15 is 0 Å². The average Bonchev–Trinajstić information content (AvgIpc) is 3.76. The molecule has 18 nitrogen and oxygen atoms in total. The molecule has 0 radical (unpaired) electrons. The molecule has 0 aromatic heterocycles. The predicted molar refractivity (Wildman–Crippen MR) is 234 cm³/mol. The van der Waals surface area contributed by atoms with Crippen LogP contribution < -0.4 is 16.0 Å². The van der Waals surface area contributed by atoms with Gasteiger partial charge in [0.05, 0.1) is 30.7 Å². The highest BCUT2D eigenvalue weighted by Gasteiger charge is 2.76. The molecule has 2 aromatic rings. The van der Waals surface area contributed by atoms with Crippen LogP contribution in [-0.4, -0.2) is 103 Å². The van der Waals surface area contributed by atoms with Crippen molar-refractivity contribution in [3.8, 4) is 0 Å². The second-order valence-corrected chi connectivity index (χ2v) is 19.8. The molecule has 1 heterocycles. The summed E-state index contributed by atoms with van der Waals surface area (Å²) in [5, 5.41) is 39.0. The number of benzene rings is 2. The van der Waals surface area contributed by atoms with Gasteiger partial charge < -0.3 is 50.5 Å². The monoisotopic (exact) mass is 985 g/mol. The first-order valence-corrected chi connectivity index (χ1v) is 24.0. The molecule has 5 aliphatic rings. The van der Waals surface area contributed by atoms with Gasteiger partial charge in [0.2, 0.25) is 17.7 Å². The molecule has 1 saturated heterocycles. The van der Waals surface area contributed by atoms with E-state index in [4.69, 9.17) is 14.0 Å². The van der Waals surface area contributed by atoms with E-state index in [1.165, 1.54) is 6.08 Å². The number of carboxylic acid groups (broad SMARTS) is 1. The van der Waals surface area contributed by atoms with Gasteiger partial charge in [-0.15, -0.1) is 0 Å². The highest BCUT2D eigenvalue weighted by Crippen LogP contribution is 2.70. The number of anilines is 1. The van der Waals surface area contributed by atoms with E-state index in [0.717, 1.165) is 11.1 Å². The van der Waals surface area contributed by atoms with Crippen LogP contribution in [0.15, 0.2) is 66.3 Å². The molecule has 4 aliphatic carbocycles. The summed E-state index contributed by atoms with van der Waals surface area (Å²) in [6, 6.07) is 10.9. The van der Waals surface area contributed by atoms with Gasteiger partial charge in [0.15, 0.2) is 23.5 Å². The third-order valence-electron chi connectivity index (χ3n) is 14.1. The predicted octanol–water partition coefficient (Wildman–Crippen LogP) is 3.29. The van der Waals surface area contributed by atoms with Gasteiger partial charge >= 0.3 is 13.8 Å². The van der Waals surface area contributed by atoms with Gasteiger partial charge in [0, 0.05) is 40.0 Å². The largest absolute Gasteiger partial charge is 0.481 e. The van der Waals surface area contributed by atoms with Crippen LogP contribution >= 0.6 is 23.8 Å². The summed E-state index contributed by atoms with van der Waals surface area (Å²) in [5.74, 6) is -4.49. The van der Waals surface area contributed by atoms with Crippen molar-refractivity contribution in [3.63, 3.8) is 0 Å². The van der Waals surface area contributed by atoms with E-state index in [9.17, 15) is 58.4 Å². The number of carbonyl (C=O) groups excluding carboxylic acids is 5. The number of hydrogen-bond donors (Lipinski definition) is 8. The summed E-state index contributed by atoms with van der Waals surface area (Å²) in [7, 11) is -5.08. The second-order valence-electron chi connectivity index (χ2n) is 18.0. The van der Waals surface area contributed by atoms with Crippen LogP contribution in [0.5, 0.6) is 0 Å². The van der Waals surface area contributed by atoms with Crippen molar-refractivity contribution in [1.82, 2.24) is 10.6 Å². The lowest BCUT2D eigenvalue weighted by Gasteiger charge is -2.59. The molecule has 1 aliphatic heterocycles. The van der Waals surface area contributed by atoms with E-state index in [-0.39, 0.29) is 53.8 Å². The molecule has 350 valence electrons. The lowest BCUT2D eigenvalue weighted by Crippen LogP contribution is -2.63. The quantitative estimate of drug-likeness (QED) is 0.0834. The van der Waals surface area contributed by atoms with Crippen LogP contribution in [0.25, 0.3) is 0 Å². The number of nitrogens with one attached hydrogen (secondary N) is 3. The third kappa shape index (κ3) is 9.71. The standard InChI is InChI=1S/C45H53BrN3O15P/c1-43-13-12-29(51)17-28(43)8-9-30-31-18-36-45(35(53)23-62-65(59,60)61,44(31,2)19-34(52)40(30)43)64-42(63-36)26-5-3-4-24(15-26)14-25-6-7-27(22-50)33(16-25)49-41(58)32(10-11-39(56)57)48-38(55)21-47-37(54)20-46/h3-7,12-13,15-17,30-32,34,36,40,42,50,52H,8-11,14,18-23H2,1-2H3,(H,47,54)(H,48,55)(H,49,58)(H,56,57)(H2,59,60,61)/t30-,31-,32-,34-,36+,40+,42+,43-,44-,45+/m0/s1. The van der Waals surface area contributed by atoms with Crippen LogP contribution in [-0.2, 0) is 60.4 Å². The maximum absolute atomic E-state index is 14.5. The van der Waals surface area contributed by atoms with Crippen molar-refractivity contribution in [2.24, 2.45) is 28.6 Å². The number of ether oxygens (including phenoxy) is 2. The molecular weight excluding hydrogens is 933 g/mol. The highest BCUT2D eigenvalue weighted by molar-refractivity contribution is 9.09. The lowest BCUT2D eigenvalue weighted by molar-refractivity contribution is -0.200. The van der Waals surface area contributed by atoms with Crippen molar-refractivity contribution >= 4 is 64.7 Å². The minimum Gasteiger partial charge on any atom is -0.481 e. The number of ketones is 2. The zero-order chi connectivity index (χ0) is 47.1. The van der Waals surface area contributed by atoms with Gasteiger partial charge in [-0.3, -0.25) is 33.3 Å². The molecule has 3 amide bonds. The SMILES string of the molecule is C[C@]12C=CC(=O)C=C1CC[C@@H]1[C@@H]2[C@@H](O)C[C@@]2(C)[C@H]1C[C@H]1O[C@@H](c3cccc(Cc4ccc(CO)c(NC(=O)[C@H](CCC(=O)O)NC(=O)CNC(=O)CBr)c4)c3)O[C@]12C(=O)COP(=O)(O)O. The zero-order valence-corrected chi connectivity index (χ0v) is 38.2. The van der Waals surface area contributed by atoms with Gasteiger partial charge in [-0.2, -0.15) is 0 Å². The molecular formula is C45H53BrN3O15P. The molecule has 10 atom stereocenters. The van der Waals surface area contributed by atoms with Crippen LogP contribution in [0.2, 0.25) is 0 Å². The molecule has 4 fully saturated rings. The molecule has 2 aromatic carbocycles. The minimum atomic E-state index is -5.08. The van der Waals surface area contributed by atoms with E-state index in [0.29, 0.717) is 36.0 Å². The molecule has 20 heteroatoms. The highest BCUT2D eigenvalue weighted by atomic mass is 79.9. The third-order valence-corrected chi connectivity index (χ3v) is 15.1. The summed E-state index contributed by atoms with van der Waals surface area (Å²) < 4.78 is 30.1. The number of carboxylic acids is 1. The fraction of sp³-hybridized carbons (Fsp3) is 0.511. The maximum Gasteiger partial charge on any atom is 0.470 e. The van der Waals surface area contributed by atoms with Gasteiger partial charge in [-0.05, 0) is 79.7 Å². The molecule has 65 heavy (non-hydrogen) atoms. The Hall–Kier alpha value is -4.43. The number of amides is 3. The van der Waals surface area contributed by atoms with Crippen LogP contribution in [0, 0.1) is 28.6 Å². The van der Waals surface area contributed by atoms with Gasteiger partial charge in [-0.1, -0.05) is 77.8 Å². The van der Waals surface area contributed by atoms with Crippen LogP contribution in [0.4, 0.5) is 5.69 Å². The first-order valence-electron chi connectivity index (χ1n) is 21.4. The number of halogens is 1. The Morgan fingerprint density at radius 3 is 2.52 bits per heavy atom. The Balaban J connectivity index is 1.12. The smallest absolute Gasteiger partial charge is 0.470 e. The molecule has 3 saturated carbocycles. The van der Waals surface area contributed by atoms with E-state index in [2.05, 4.69) is 31.9 Å². The molecule has 0 bridgehead atoms. The van der Waals surface area contributed by atoms with Crippen LogP contribution in [0.1, 0.15) is 80.9 Å².